The number of thiol groups is 1. The van der Waals surface area contributed by atoms with Gasteiger partial charge in [-0.25, -0.2) is 8.78 Å². The summed E-state index contributed by atoms with van der Waals surface area (Å²) in [6.45, 7) is 1.18. The summed E-state index contributed by atoms with van der Waals surface area (Å²) in [7, 11) is 0. The fourth-order valence-electron chi connectivity index (χ4n) is 2.46. The standard InChI is InChI=1S/C17H15F2NO2S/c18-15-6-5-13(7-16(15)19)22-12-3-1-11(2-4-12)9-20-10-14(23)8-17(20)21/h1-7,14,23H,8-10H2. The maximum absolute atomic E-state index is 13.1. The van der Waals surface area contributed by atoms with Gasteiger partial charge in [-0.05, 0) is 29.8 Å². The van der Waals surface area contributed by atoms with Crippen molar-refractivity contribution in [2.45, 2.75) is 18.2 Å². The van der Waals surface area contributed by atoms with Gasteiger partial charge in [0.15, 0.2) is 11.6 Å². The van der Waals surface area contributed by atoms with Crippen LogP contribution in [0.2, 0.25) is 0 Å². The topological polar surface area (TPSA) is 29.5 Å². The summed E-state index contributed by atoms with van der Waals surface area (Å²) in [6, 6.07) is 10.5. The van der Waals surface area contributed by atoms with E-state index in [0.29, 0.717) is 25.3 Å². The van der Waals surface area contributed by atoms with Crippen LogP contribution in [0.15, 0.2) is 42.5 Å². The second kappa shape index (κ2) is 6.58. The predicted octanol–water partition coefficient (Wildman–Crippen LogP) is 3.79. The van der Waals surface area contributed by atoms with Crippen LogP contribution in [0.25, 0.3) is 0 Å². The van der Waals surface area contributed by atoms with Gasteiger partial charge >= 0.3 is 0 Å². The van der Waals surface area contributed by atoms with Gasteiger partial charge in [0.1, 0.15) is 11.5 Å². The van der Waals surface area contributed by atoms with E-state index in [1.807, 2.05) is 12.1 Å². The third kappa shape index (κ3) is 3.82. The van der Waals surface area contributed by atoms with E-state index in [1.165, 1.54) is 6.07 Å². The Hall–Kier alpha value is -2.08. The van der Waals surface area contributed by atoms with Gasteiger partial charge in [-0.1, -0.05) is 12.1 Å². The van der Waals surface area contributed by atoms with Crippen LogP contribution < -0.4 is 4.74 Å². The quantitative estimate of drug-likeness (QED) is 0.862. The number of carbonyl (C=O) groups excluding carboxylic acids is 1. The Morgan fingerprint density at radius 3 is 2.39 bits per heavy atom. The molecule has 0 spiro atoms. The van der Waals surface area contributed by atoms with Crippen molar-refractivity contribution in [1.82, 2.24) is 4.90 Å². The summed E-state index contributed by atoms with van der Waals surface area (Å²) in [6.07, 6.45) is 0.473. The zero-order chi connectivity index (χ0) is 16.4. The van der Waals surface area contributed by atoms with Crippen LogP contribution in [0.4, 0.5) is 8.78 Å². The molecule has 120 valence electrons. The second-order valence-electron chi connectivity index (χ2n) is 5.45. The SMILES string of the molecule is O=C1CC(S)CN1Cc1ccc(Oc2ccc(F)c(F)c2)cc1. The van der Waals surface area contributed by atoms with E-state index < -0.39 is 11.6 Å². The number of halogens is 2. The van der Waals surface area contributed by atoms with E-state index >= 15 is 0 Å². The van der Waals surface area contributed by atoms with Crippen molar-refractivity contribution in [3.05, 3.63) is 59.7 Å². The number of hydrogen-bond acceptors (Lipinski definition) is 3. The van der Waals surface area contributed by atoms with Crippen LogP contribution >= 0.6 is 12.6 Å². The molecule has 0 aromatic heterocycles. The first-order chi connectivity index (χ1) is 11.0. The molecule has 1 saturated heterocycles. The molecule has 0 N–H and O–H groups in total. The number of carbonyl (C=O) groups is 1. The molecule has 1 unspecified atom stereocenters. The Bertz CT molecular complexity index is 721. The molecule has 0 aliphatic carbocycles. The van der Waals surface area contributed by atoms with Gasteiger partial charge in [0.2, 0.25) is 5.91 Å². The molecule has 1 heterocycles. The normalized spacial score (nSPS) is 17.6. The van der Waals surface area contributed by atoms with Gasteiger partial charge in [-0.3, -0.25) is 4.79 Å². The first kappa shape index (κ1) is 15.8. The molecule has 3 nitrogen and oxygen atoms in total. The van der Waals surface area contributed by atoms with Crippen molar-refractivity contribution in [3.63, 3.8) is 0 Å². The number of nitrogens with zero attached hydrogens (tertiary/aromatic N) is 1. The number of likely N-dealkylation sites (tertiary alicyclic amines) is 1. The summed E-state index contributed by atoms with van der Waals surface area (Å²) in [5, 5.41) is 0.0958. The average molecular weight is 335 g/mol. The maximum atomic E-state index is 13.1. The smallest absolute Gasteiger partial charge is 0.224 e. The molecule has 0 saturated carbocycles. The van der Waals surface area contributed by atoms with Crippen LogP contribution in [0.5, 0.6) is 11.5 Å². The summed E-state index contributed by atoms with van der Waals surface area (Å²) in [5.74, 6) is -1.02. The van der Waals surface area contributed by atoms with E-state index in [4.69, 9.17) is 4.74 Å². The highest BCUT2D eigenvalue weighted by molar-refractivity contribution is 7.81. The number of rotatable bonds is 4. The Labute approximate surface area is 138 Å². The van der Waals surface area contributed by atoms with Crippen molar-refractivity contribution >= 4 is 18.5 Å². The molecule has 6 heteroatoms. The van der Waals surface area contributed by atoms with Crippen molar-refractivity contribution in [2.75, 3.05) is 6.54 Å². The minimum Gasteiger partial charge on any atom is -0.457 e. The van der Waals surface area contributed by atoms with Crippen LogP contribution in [-0.4, -0.2) is 22.6 Å². The molecule has 1 atom stereocenters. The van der Waals surface area contributed by atoms with Crippen LogP contribution in [0, 0.1) is 11.6 Å². The summed E-state index contributed by atoms with van der Waals surface area (Å²) in [4.78, 5) is 13.5. The summed E-state index contributed by atoms with van der Waals surface area (Å²) >= 11 is 4.32. The van der Waals surface area contributed by atoms with Crippen LogP contribution in [0.3, 0.4) is 0 Å². The molecule has 1 amide bonds. The van der Waals surface area contributed by atoms with E-state index in [0.717, 1.165) is 17.7 Å². The van der Waals surface area contributed by atoms with Crippen molar-refractivity contribution in [2.24, 2.45) is 0 Å². The lowest BCUT2D eigenvalue weighted by Crippen LogP contribution is -2.24. The Morgan fingerprint density at radius 2 is 1.78 bits per heavy atom. The van der Waals surface area contributed by atoms with Crippen molar-refractivity contribution < 1.29 is 18.3 Å². The molecular weight excluding hydrogens is 320 g/mol. The predicted molar refractivity (Wildman–Crippen MR) is 85.7 cm³/mol. The number of hydrogen-bond donors (Lipinski definition) is 1. The summed E-state index contributed by atoms with van der Waals surface area (Å²) < 4.78 is 31.5. The molecule has 1 aliphatic heterocycles. The van der Waals surface area contributed by atoms with Crippen molar-refractivity contribution in [1.29, 1.82) is 0 Å². The zero-order valence-electron chi connectivity index (χ0n) is 12.2. The number of benzene rings is 2. The largest absolute Gasteiger partial charge is 0.457 e. The fourth-order valence-corrected chi connectivity index (χ4v) is 2.82. The first-order valence-electron chi connectivity index (χ1n) is 7.19. The molecule has 3 rings (SSSR count). The highest BCUT2D eigenvalue weighted by Crippen LogP contribution is 2.24. The first-order valence-corrected chi connectivity index (χ1v) is 7.70. The minimum absolute atomic E-state index is 0.0958. The zero-order valence-corrected chi connectivity index (χ0v) is 13.1. The van der Waals surface area contributed by atoms with E-state index in [1.54, 1.807) is 17.0 Å². The number of amides is 1. The molecule has 1 aliphatic rings. The van der Waals surface area contributed by atoms with Gasteiger partial charge < -0.3 is 9.64 Å². The third-order valence-corrected chi connectivity index (χ3v) is 3.96. The molecule has 2 aromatic rings. The lowest BCUT2D eigenvalue weighted by atomic mass is 10.2. The van der Waals surface area contributed by atoms with E-state index in [-0.39, 0.29) is 16.9 Å². The second-order valence-corrected chi connectivity index (χ2v) is 6.18. The van der Waals surface area contributed by atoms with Gasteiger partial charge in [-0.15, -0.1) is 0 Å². The maximum Gasteiger partial charge on any atom is 0.224 e. The van der Waals surface area contributed by atoms with E-state index in [2.05, 4.69) is 12.6 Å². The van der Waals surface area contributed by atoms with Gasteiger partial charge in [0, 0.05) is 30.8 Å². The lowest BCUT2D eigenvalue weighted by molar-refractivity contribution is -0.128. The highest BCUT2D eigenvalue weighted by Gasteiger charge is 2.26. The minimum atomic E-state index is -0.951. The summed E-state index contributed by atoms with van der Waals surface area (Å²) in [5.41, 5.74) is 0.971. The van der Waals surface area contributed by atoms with Gasteiger partial charge in [0.05, 0.1) is 0 Å². The molecule has 23 heavy (non-hydrogen) atoms. The molecule has 2 aromatic carbocycles. The molecule has 1 fully saturated rings. The van der Waals surface area contributed by atoms with Crippen LogP contribution in [-0.2, 0) is 11.3 Å². The van der Waals surface area contributed by atoms with Crippen LogP contribution in [0.1, 0.15) is 12.0 Å². The van der Waals surface area contributed by atoms with Gasteiger partial charge in [0.25, 0.3) is 0 Å². The molecular formula is C17H15F2NO2S. The Morgan fingerprint density at radius 1 is 1.09 bits per heavy atom. The third-order valence-electron chi connectivity index (χ3n) is 3.62. The van der Waals surface area contributed by atoms with E-state index in [9.17, 15) is 13.6 Å². The number of ether oxygens (including phenoxy) is 1. The van der Waals surface area contributed by atoms with Crippen molar-refractivity contribution in [3.8, 4) is 11.5 Å². The Balaban J connectivity index is 1.65. The fraction of sp³-hybridized carbons (Fsp3) is 0.235. The molecule has 0 radical (unpaired) electrons. The lowest BCUT2D eigenvalue weighted by Gasteiger charge is -2.16. The highest BCUT2D eigenvalue weighted by atomic mass is 32.1. The Kier molecular flexibility index (Phi) is 4.52. The molecule has 0 bridgehead atoms. The monoisotopic (exact) mass is 335 g/mol. The van der Waals surface area contributed by atoms with Gasteiger partial charge in [-0.2, -0.15) is 12.6 Å². The average Bonchev–Trinajstić information content (AvgIpc) is 2.83.